The highest BCUT2D eigenvalue weighted by Gasteiger charge is 2.23. The zero-order valence-electron chi connectivity index (χ0n) is 15.9. The van der Waals surface area contributed by atoms with Crippen molar-refractivity contribution in [2.45, 2.75) is 25.7 Å². The summed E-state index contributed by atoms with van der Waals surface area (Å²) in [5.41, 5.74) is 2.77. The van der Waals surface area contributed by atoms with Crippen LogP contribution in [-0.2, 0) is 14.6 Å². The number of benzene rings is 2. The Morgan fingerprint density at radius 3 is 2.37 bits per heavy atom. The van der Waals surface area contributed by atoms with Crippen LogP contribution in [0.3, 0.4) is 0 Å². The summed E-state index contributed by atoms with van der Waals surface area (Å²) in [4.78, 5) is 26.3. The first-order valence-electron chi connectivity index (χ1n) is 8.60. The summed E-state index contributed by atoms with van der Waals surface area (Å²) in [6.45, 7) is 5.20. The van der Waals surface area contributed by atoms with Crippen molar-refractivity contribution < 1.29 is 18.0 Å². The molecule has 0 fully saturated rings. The van der Waals surface area contributed by atoms with Gasteiger partial charge in [-0.2, -0.15) is 0 Å². The predicted molar refractivity (Wildman–Crippen MR) is 106 cm³/mol. The van der Waals surface area contributed by atoms with E-state index in [2.05, 4.69) is 5.32 Å². The lowest BCUT2D eigenvalue weighted by molar-refractivity contribution is -0.116. The molecule has 2 amide bonds. The van der Waals surface area contributed by atoms with Crippen LogP contribution in [0.25, 0.3) is 0 Å². The molecule has 144 valence electrons. The Labute approximate surface area is 160 Å². The molecule has 0 aliphatic carbocycles. The molecule has 2 aromatic rings. The monoisotopic (exact) mass is 388 g/mol. The quantitative estimate of drug-likeness (QED) is 0.825. The molecule has 0 radical (unpaired) electrons. The average Bonchev–Trinajstić information content (AvgIpc) is 2.64. The average molecular weight is 388 g/mol. The zero-order valence-corrected chi connectivity index (χ0v) is 16.8. The van der Waals surface area contributed by atoms with Crippen molar-refractivity contribution in [1.82, 2.24) is 4.90 Å². The first kappa shape index (κ1) is 20.6. The van der Waals surface area contributed by atoms with Crippen molar-refractivity contribution in [2.75, 3.05) is 24.7 Å². The molecule has 0 saturated carbocycles. The van der Waals surface area contributed by atoms with E-state index in [1.165, 1.54) is 31.0 Å². The molecule has 7 heteroatoms. The van der Waals surface area contributed by atoms with Gasteiger partial charge in [-0.3, -0.25) is 9.59 Å². The summed E-state index contributed by atoms with van der Waals surface area (Å²) < 4.78 is 24.5. The van der Waals surface area contributed by atoms with Gasteiger partial charge < -0.3 is 10.2 Å². The van der Waals surface area contributed by atoms with Crippen molar-refractivity contribution in [2.24, 2.45) is 0 Å². The van der Waals surface area contributed by atoms with E-state index in [4.69, 9.17) is 0 Å². The van der Waals surface area contributed by atoms with Crippen molar-refractivity contribution in [3.63, 3.8) is 0 Å². The highest BCUT2D eigenvalue weighted by Crippen LogP contribution is 2.20. The standard InChI is InChI=1S/C20H24N2O4S/c1-5-27(25,26)18-12-7-6-10-16(18)20(24)22(4)13-19(23)21-17-11-8-9-14(2)15(17)3/h6-12H,5,13H2,1-4H3,(H,21,23). The summed E-state index contributed by atoms with van der Waals surface area (Å²) in [5, 5.41) is 2.79. The van der Waals surface area contributed by atoms with E-state index in [0.717, 1.165) is 11.1 Å². The first-order valence-corrected chi connectivity index (χ1v) is 10.3. The first-order chi connectivity index (χ1) is 12.7. The van der Waals surface area contributed by atoms with Gasteiger partial charge in [0, 0.05) is 12.7 Å². The molecule has 0 saturated heterocycles. The third-order valence-electron chi connectivity index (χ3n) is 4.44. The molecular weight excluding hydrogens is 364 g/mol. The van der Waals surface area contributed by atoms with E-state index in [1.807, 2.05) is 26.0 Å². The van der Waals surface area contributed by atoms with E-state index in [-0.39, 0.29) is 28.7 Å². The predicted octanol–water partition coefficient (Wildman–Crippen LogP) is 2.81. The van der Waals surface area contributed by atoms with Gasteiger partial charge in [-0.15, -0.1) is 0 Å². The Morgan fingerprint density at radius 2 is 1.70 bits per heavy atom. The van der Waals surface area contributed by atoms with Crippen molar-refractivity contribution in [3.8, 4) is 0 Å². The summed E-state index contributed by atoms with van der Waals surface area (Å²) >= 11 is 0. The van der Waals surface area contributed by atoms with Gasteiger partial charge >= 0.3 is 0 Å². The highest BCUT2D eigenvalue weighted by molar-refractivity contribution is 7.91. The van der Waals surface area contributed by atoms with Gasteiger partial charge in [-0.25, -0.2) is 8.42 Å². The summed E-state index contributed by atoms with van der Waals surface area (Å²) in [6.07, 6.45) is 0. The molecule has 0 aliphatic rings. The van der Waals surface area contributed by atoms with Gasteiger partial charge in [-0.05, 0) is 43.2 Å². The molecule has 0 spiro atoms. The van der Waals surface area contributed by atoms with Crippen LogP contribution in [0.1, 0.15) is 28.4 Å². The Hall–Kier alpha value is -2.67. The Kier molecular flexibility index (Phi) is 6.38. The number of anilines is 1. The smallest absolute Gasteiger partial charge is 0.255 e. The molecule has 6 nitrogen and oxygen atoms in total. The molecular formula is C20H24N2O4S. The largest absolute Gasteiger partial charge is 0.332 e. The van der Waals surface area contributed by atoms with Gasteiger partial charge in [0.05, 0.1) is 22.8 Å². The molecule has 0 heterocycles. The van der Waals surface area contributed by atoms with Gasteiger partial charge in [-0.1, -0.05) is 31.2 Å². The minimum Gasteiger partial charge on any atom is -0.332 e. The van der Waals surface area contributed by atoms with Crippen molar-refractivity contribution in [1.29, 1.82) is 0 Å². The van der Waals surface area contributed by atoms with E-state index in [9.17, 15) is 18.0 Å². The third kappa shape index (κ3) is 4.74. The van der Waals surface area contributed by atoms with Crippen LogP contribution in [0.2, 0.25) is 0 Å². The van der Waals surface area contributed by atoms with E-state index >= 15 is 0 Å². The molecule has 2 rings (SSSR count). The number of nitrogens with one attached hydrogen (secondary N) is 1. The number of rotatable bonds is 6. The van der Waals surface area contributed by atoms with Crippen LogP contribution >= 0.6 is 0 Å². The molecule has 0 aliphatic heterocycles. The van der Waals surface area contributed by atoms with Gasteiger partial charge in [0.1, 0.15) is 0 Å². The second-order valence-electron chi connectivity index (χ2n) is 6.36. The molecule has 0 aromatic heterocycles. The molecule has 2 aromatic carbocycles. The van der Waals surface area contributed by atoms with Crippen LogP contribution in [0.15, 0.2) is 47.4 Å². The highest BCUT2D eigenvalue weighted by atomic mass is 32.2. The minimum absolute atomic E-state index is 0.0145. The Balaban J connectivity index is 2.17. The summed E-state index contributed by atoms with van der Waals surface area (Å²) in [6, 6.07) is 11.6. The lowest BCUT2D eigenvalue weighted by Crippen LogP contribution is -2.35. The number of amides is 2. The molecule has 1 N–H and O–H groups in total. The van der Waals surface area contributed by atoms with Crippen LogP contribution in [0.4, 0.5) is 5.69 Å². The SMILES string of the molecule is CCS(=O)(=O)c1ccccc1C(=O)N(C)CC(=O)Nc1cccc(C)c1C. The lowest BCUT2D eigenvalue weighted by atomic mass is 10.1. The maximum atomic E-state index is 12.7. The minimum atomic E-state index is -3.54. The van der Waals surface area contributed by atoms with E-state index < -0.39 is 15.7 Å². The zero-order chi connectivity index (χ0) is 20.2. The summed E-state index contributed by atoms with van der Waals surface area (Å²) in [5.74, 6) is -0.970. The van der Waals surface area contributed by atoms with Crippen molar-refractivity contribution >= 4 is 27.3 Å². The Morgan fingerprint density at radius 1 is 1.04 bits per heavy atom. The number of nitrogens with zero attached hydrogens (tertiary/aromatic N) is 1. The van der Waals surface area contributed by atoms with Gasteiger partial charge in [0.15, 0.2) is 9.84 Å². The number of hydrogen-bond acceptors (Lipinski definition) is 4. The molecule has 0 bridgehead atoms. The maximum absolute atomic E-state index is 12.7. The number of aryl methyl sites for hydroxylation is 1. The van der Waals surface area contributed by atoms with Crippen LogP contribution in [0.5, 0.6) is 0 Å². The third-order valence-corrected chi connectivity index (χ3v) is 6.22. The van der Waals surface area contributed by atoms with Crippen LogP contribution in [-0.4, -0.2) is 44.5 Å². The molecule has 27 heavy (non-hydrogen) atoms. The van der Waals surface area contributed by atoms with Gasteiger partial charge in [0.2, 0.25) is 5.91 Å². The van der Waals surface area contributed by atoms with Crippen molar-refractivity contribution in [3.05, 3.63) is 59.2 Å². The number of hydrogen-bond donors (Lipinski definition) is 1. The second kappa shape index (κ2) is 8.35. The van der Waals surface area contributed by atoms with E-state index in [0.29, 0.717) is 5.69 Å². The lowest BCUT2D eigenvalue weighted by Gasteiger charge is -2.19. The number of likely N-dealkylation sites (N-methyl/N-ethyl adjacent to an activating group) is 1. The fraction of sp³-hybridized carbons (Fsp3) is 0.300. The Bertz CT molecular complexity index is 968. The van der Waals surface area contributed by atoms with Crippen LogP contribution in [0, 0.1) is 13.8 Å². The maximum Gasteiger partial charge on any atom is 0.255 e. The number of carbonyl (C=O) groups is 2. The fourth-order valence-electron chi connectivity index (χ4n) is 2.64. The summed E-state index contributed by atoms with van der Waals surface area (Å²) in [7, 11) is -2.07. The van der Waals surface area contributed by atoms with Gasteiger partial charge in [0.25, 0.3) is 5.91 Å². The van der Waals surface area contributed by atoms with Crippen LogP contribution < -0.4 is 5.32 Å². The number of carbonyl (C=O) groups excluding carboxylic acids is 2. The topological polar surface area (TPSA) is 83.6 Å². The molecule has 0 unspecified atom stereocenters. The molecule has 0 atom stereocenters. The number of sulfone groups is 1. The normalized spacial score (nSPS) is 11.1. The second-order valence-corrected chi connectivity index (χ2v) is 8.60. The van der Waals surface area contributed by atoms with E-state index in [1.54, 1.807) is 18.2 Å². The fourth-order valence-corrected chi connectivity index (χ4v) is 3.73.